The van der Waals surface area contributed by atoms with E-state index in [0.29, 0.717) is 0 Å². The molecule has 8 aromatic rings. The van der Waals surface area contributed by atoms with E-state index in [1.54, 1.807) is 0 Å². The van der Waals surface area contributed by atoms with Gasteiger partial charge in [0.15, 0.2) is 0 Å². The van der Waals surface area contributed by atoms with Crippen molar-refractivity contribution in [3.8, 4) is 28.2 Å². The van der Waals surface area contributed by atoms with E-state index in [-0.39, 0.29) is 0 Å². The molecule has 0 amide bonds. The summed E-state index contributed by atoms with van der Waals surface area (Å²) in [5.41, 5.74) is 8.77. The maximum Gasteiger partial charge on any atom is 0.145 e. The van der Waals surface area contributed by atoms with Gasteiger partial charge in [0.25, 0.3) is 0 Å². The molecule has 0 atom stereocenters. The number of pyridine rings is 1. The van der Waals surface area contributed by atoms with Crippen molar-refractivity contribution < 1.29 is 0 Å². The molecular formula is C34H21N3S. The van der Waals surface area contributed by atoms with Crippen LogP contribution in [0.4, 0.5) is 0 Å². The van der Waals surface area contributed by atoms with Gasteiger partial charge in [-0.2, -0.15) is 0 Å². The van der Waals surface area contributed by atoms with Gasteiger partial charge < -0.3 is 0 Å². The number of aromatic nitrogens is 3. The zero-order valence-corrected chi connectivity index (χ0v) is 21.2. The second-order valence-corrected chi connectivity index (χ2v) is 10.6. The first-order valence-electron chi connectivity index (χ1n) is 12.7. The molecule has 0 aliphatic heterocycles. The maximum absolute atomic E-state index is 5.02. The highest BCUT2D eigenvalue weighted by Gasteiger charge is 2.14. The Kier molecular flexibility index (Phi) is 4.69. The molecule has 3 aromatic heterocycles. The molecule has 0 saturated carbocycles. The molecule has 0 bridgehead atoms. The number of hydrogen-bond donors (Lipinski definition) is 0. The lowest BCUT2D eigenvalue weighted by atomic mass is 10.0. The minimum Gasteiger partial charge on any atom is -0.292 e. The Balaban J connectivity index is 1.22. The molecule has 0 aliphatic rings. The van der Waals surface area contributed by atoms with Gasteiger partial charge >= 0.3 is 0 Å². The first-order chi connectivity index (χ1) is 18.8. The Hall–Kier alpha value is -4.80. The first-order valence-corrected chi connectivity index (χ1v) is 13.5. The SMILES string of the molecule is c1ccc(-c2nc3ccccc3n2-c2ccc(-c3ccc4nc5c(cc4c3)sc3ccccc35)cc2)cc1. The van der Waals surface area contributed by atoms with Crippen LogP contribution in [0.1, 0.15) is 0 Å². The van der Waals surface area contributed by atoms with E-state index in [0.717, 1.165) is 44.5 Å². The normalized spacial score (nSPS) is 11.7. The third-order valence-electron chi connectivity index (χ3n) is 7.19. The Morgan fingerprint density at radius 1 is 0.526 bits per heavy atom. The lowest BCUT2D eigenvalue weighted by Crippen LogP contribution is -1.97. The lowest BCUT2D eigenvalue weighted by molar-refractivity contribution is 1.10. The van der Waals surface area contributed by atoms with Gasteiger partial charge in [-0.25, -0.2) is 9.97 Å². The molecule has 0 aliphatic carbocycles. The number of benzene rings is 5. The Bertz CT molecular complexity index is 2120. The van der Waals surface area contributed by atoms with Crippen LogP contribution in [-0.2, 0) is 0 Å². The molecule has 0 saturated heterocycles. The minimum absolute atomic E-state index is 0.948. The molecule has 0 unspecified atom stereocenters. The highest BCUT2D eigenvalue weighted by Crippen LogP contribution is 2.36. The van der Waals surface area contributed by atoms with Crippen molar-refractivity contribution in [1.82, 2.24) is 14.5 Å². The van der Waals surface area contributed by atoms with Crippen molar-refractivity contribution in [3.05, 3.63) is 127 Å². The van der Waals surface area contributed by atoms with Crippen LogP contribution in [0.15, 0.2) is 127 Å². The maximum atomic E-state index is 5.02. The van der Waals surface area contributed by atoms with Gasteiger partial charge in [-0.3, -0.25) is 4.57 Å². The molecule has 3 nitrogen and oxygen atoms in total. The van der Waals surface area contributed by atoms with E-state index in [1.165, 1.54) is 25.9 Å². The van der Waals surface area contributed by atoms with Crippen LogP contribution in [-0.4, -0.2) is 14.5 Å². The topological polar surface area (TPSA) is 30.7 Å². The first kappa shape index (κ1) is 21.3. The van der Waals surface area contributed by atoms with Crippen LogP contribution in [0.5, 0.6) is 0 Å². The van der Waals surface area contributed by atoms with E-state index in [2.05, 4.69) is 120 Å². The molecule has 4 heteroatoms. The zero-order chi connectivity index (χ0) is 25.1. The number of para-hydroxylation sites is 2. The number of fused-ring (bicyclic) bond motifs is 5. The van der Waals surface area contributed by atoms with Gasteiger partial charge in [-0.1, -0.05) is 78.9 Å². The summed E-state index contributed by atoms with van der Waals surface area (Å²) >= 11 is 1.81. The summed E-state index contributed by atoms with van der Waals surface area (Å²) in [5.74, 6) is 0.948. The average molecular weight is 504 g/mol. The monoisotopic (exact) mass is 503 g/mol. The van der Waals surface area contributed by atoms with E-state index in [4.69, 9.17) is 9.97 Å². The van der Waals surface area contributed by atoms with Crippen molar-refractivity contribution >= 4 is 53.6 Å². The molecule has 38 heavy (non-hydrogen) atoms. The van der Waals surface area contributed by atoms with Gasteiger partial charge in [-0.15, -0.1) is 11.3 Å². The molecule has 0 spiro atoms. The number of hydrogen-bond acceptors (Lipinski definition) is 3. The van der Waals surface area contributed by atoms with Crippen LogP contribution in [0.3, 0.4) is 0 Å². The highest BCUT2D eigenvalue weighted by molar-refractivity contribution is 7.25. The lowest BCUT2D eigenvalue weighted by Gasteiger charge is -2.11. The van der Waals surface area contributed by atoms with Crippen LogP contribution in [0.2, 0.25) is 0 Å². The summed E-state index contributed by atoms with van der Waals surface area (Å²) in [7, 11) is 0. The summed E-state index contributed by atoms with van der Waals surface area (Å²) in [4.78, 5) is 9.99. The van der Waals surface area contributed by atoms with Crippen LogP contribution < -0.4 is 0 Å². The number of thiophene rings is 1. The van der Waals surface area contributed by atoms with Gasteiger partial charge in [-0.05, 0) is 59.7 Å². The van der Waals surface area contributed by atoms with Gasteiger partial charge in [0, 0.05) is 26.7 Å². The smallest absolute Gasteiger partial charge is 0.145 e. The number of nitrogens with zero attached hydrogens (tertiary/aromatic N) is 3. The molecular weight excluding hydrogens is 482 g/mol. The van der Waals surface area contributed by atoms with Crippen molar-refractivity contribution in [2.24, 2.45) is 0 Å². The predicted octanol–water partition coefficient (Wildman–Crippen LogP) is 9.28. The van der Waals surface area contributed by atoms with Crippen molar-refractivity contribution in [2.45, 2.75) is 0 Å². The largest absolute Gasteiger partial charge is 0.292 e. The van der Waals surface area contributed by atoms with Gasteiger partial charge in [0.05, 0.1) is 26.8 Å². The minimum atomic E-state index is 0.948. The fourth-order valence-corrected chi connectivity index (χ4v) is 6.44. The summed E-state index contributed by atoms with van der Waals surface area (Å²) < 4.78 is 4.76. The fraction of sp³-hybridized carbons (Fsp3) is 0. The third-order valence-corrected chi connectivity index (χ3v) is 8.30. The molecule has 0 fully saturated rings. The average Bonchev–Trinajstić information content (AvgIpc) is 3.54. The number of imidazole rings is 1. The summed E-state index contributed by atoms with van der Waals surface area (Å²) in [5, 5.41) is 2.40. The molecule has 5 aromatic carbocycles. The van der Waals surface area contributed by atoms with Gasteiger partial charge in [0.2, 0.25) is 0 Å². The quantitative estimate of drug-likeness (QED) is 0.240. The summed E-state index contributed by atoms with van der Waals surface area (Å²) in [6, 6.07) is 44.8. The van der Waals surface area contributed by atoms with Crippen LogP contribution in [0.25, 0.3) is 70.4 Å². The molecule has 8 rings (SSSR count). The molecule has 178 valence electrons. The molecule has 3 heterocycles. The highest BCUT2D eigenvalue weighted by atomic mass is 32.1. The second-order valence-electron chi connectivity index (χ2n) is 9.51. The zero-order valence-electron chi connectivity index (χ0n) is 20.4. The fourth-order valence-electron chi connectivity index (χ4n) is 5.35. The van der Waals surface area contributed by atoms with E-state index in [1.807, 2.05) is 23.5 Å². The third kappa shape index (κ3) is 3.35. The second kappa shape index (κ2) is 8.37. The standard InChI is InChI=1S/C34H21N3S/c1-2-8-23(9-3-1)34-36-29-11-5-6-12-30(29)37(34)26-17-14-22(15-18-26)24-16-19-28-25(20-24)21-32-33(35-28)27-10-4-7-13-31(27)38-32/h1-21H. The van der Waals surface area contributed by atoms with Crippen LogP contribution >= 0.6 is 11.3 Å². The summed E-state index contributed by atoms with van der Waals surface area (Å²) in [6.07, 6.45) is 0. The van der Waals surface area contributed by atoms with Gasteiger partial charge in [0.1, 0.15) is 5.82 Å². The Labute approximate surface area is 223 Å². The Morgan fingerprint density at radius 2 is 1.29 bits per heavy atom. The Morgan fingerprint density at radius 3 is 2.18 bits per heavy atom. The van der Waals surface area contributed by atoms with Crippen molar-refractivity contribution in [1.29, 1.82) is 0 Å². The van der Waals surface area contributed by atoms with E-state index < -0.39 is 0 Å². The number of rotatable bonds is 3. The molecule has 0 N–H and O–H groups in total. The molecule has 0 radical (unpaired) electrons. The van der Waals surface area contributed by atoms with E-state index in [9.17, 15) is 0 Å². The van der Waals surface area contributed by atoms with Crippen molar-refractivity contribution in [2.75, 3.05) is 0 Å². The van der Waals surface area contributed by atoms with E-state index >= 15 is 0 Å². The van der Waals surface area contributed by atoms with Crippen molar-refractivity contribution in [3.63, 3.8) is 0 Å². The van der Waals surface area contributed by atoms with Crippen LogP contribution in [0, 0.1) is 0 Å². The summed E-state index contributed by atoms with van der Waals surface area (Å²) in [6.45, 7) is 0. The predicted molar refractivity (Wildman–Crippen MR) is 160 cm³/mol.